The van der Waals surface area contributed by atoms with Crippen LogP contribution in [0.15, 0.2) is 78.2 Å². The Bertz CT molecular complexity index is 840. The van der Waals surface area contributed by atoms with E-state index in [-0.39, 0.29) is 0 Å². The summed E-state index contributed by atoms with van der Waals surface area (Å²) in [6, 6.07) is 16.4. The number of rotatable bonds is 3. The Hall–Kier alpha value is -2.58. The maximum atomic E-state index is 6.03. The summed E-state index contributed by atoms with van der Waals surface area (Å²) in [5.41, 5.74) is 6.56. The van der Waals surface area contributed by atoms with E-state index in [0.29, 0.717) is 0 Å². The molecule has 0 amide bonds. The minimum atomic E-state index is 0.734. The van der Waals surface area contributed by atoms with Crippen molar-refractivity contribution in [2.45, 2.75) is 13.8 Å². The van der Waals surface area contributed by atoms with Gasteiger partial charge in [0.1, 0.15) is 0 Å². The van der Waals surface area contributed by atoms with Gasteiger partial charge in [-0.25, -0.2) is 0 Å². The van der Waals surface area contributed by atoms with Crippen LogP contribution in [-0.2, 0) is 0 Å². The first kappa shape index (κ1) is 16.3. The van der Waals surface area contributed by atoms with Crippen molar-refractivity contribution in [2.24, 2.45) is 4.99 Å². The van der Waals surface area contributed by atoms with Crippen LogP contribution in [0, 0.1) is 6.92 Å². The van der Waals surface area contributed by atoms with Gasteiger partial charge >= 0.3 is 0 Å². The Kier molecular flexibility index (Phi) is 4.68. The molecule has 0 spiro atoms. The molecule has 0 bridgehead atoms. The Morgan fingerprint density at radius 2 is 1.62 bits per heavy atom. The fourth-order valence-corrected chi connectivity index (χ4v) is 2.82. The second-order valence-electron chi connectivity index (χ2n) is 5.78. The first-order valence-electron chi connectivity index (χ1n) is 7.78. The lowest BCUT2D eigenvalue weighted by Crippen LogP contribution is -2.18. The van der Waals surface area contributed by atoms with E-state index in [4.69, 9.17) is 11.6 Å². The summed E-state index contributed by atoms with van der Waals surface area (Å²) in [5, 5.41) is 0.734. The van der Waals surface area contributed by atoms with Crippen molar-refractivity contribution in [2.75, 3.05) is 0 Å². The van der Waals surface area contributed by atoms with Crippen molar-refractivity contribution < 1.29 is 0 Å². The van der Waals surface area contributed by atoms with Gasteiger partial charge in [-0.05, 0) is 42.7 Å². The molecule has 120 valence electrons. The molecule has 24 heavy (non-hydrogen) atoms. The number of hydrogen-bond donors (Lipinski definition) is 0. The molecule has 3 heteroatoms. The molecule has 0 N–H and O–H groups in total. The lowest BCUT2D eigenvalue weighted by molar-refractivity contribution is 0.691. The van der Waals surface area contributed by atoms with Crippen molar-refractivity contribution in [3.05, 3.63) is 94.9 Å². The first-order valence-corrected chi connectivity index (χ1v) is 8.16. The van der Waals surface area contributed by atoms with E-state index >= 15 is 0 Å². The zero-order valence-corrected chi connectivity index (χ0v) is 14.6. The van der Waals surface area contributed by atoms with E-state index in [0.717, 1.165) is 33.1 Å². The topological polar surface area (TPSA) is 15.6 Å². The van der Waals surface area contributed by atoms with Crippen LogP contribution < -0.4 is 0 Å². The fourth-order valence-electron chi connectivity index (χ4n) is 2.69. The standard InChI is InChI=1S/C21H19ClN2/c1-15-4-6-19(7-5-15)21(24-13-12-23-14-16(24)2)17(3)18-8-10-20(22)11-9-18/h4-14H,2H2,1,3H3/b21-17+. The molecule has 0 unspecified atom stereocenters. The summed E-state index contributed by atoms with van der Waals surface area (Å²) < 4.78 is 0. The summed E-state index contributed by atoms with van der Waals surface area (Å²) in [6.45, 7) is 8.33. The average Bonchev–Trinajstić information content (AvgIpc) is 2.59. The van der Waals surface area contributed by atoms with Crippen LogP contribution in [0.4, 0.5) is 0 Å². The lowest BCUT2D eigenvalue weighted by Gasteiger charge is -2.28. The Morgan fingerprint density at radius 3 is 2.25 bits per heavy atom. The van der Waals surface area contributed by atoms with Crippen LogP contribution in [0.1, 0.15) is 23.6 Å². The van der Waals surface area contributed by atoms with Gasteiger partial charge < -0.3 is 4.90 Å². The van der Waals surface area contributed by atoms with Crippen LogP contribution in [0.2, 0.25) is 5.02 Å². The predicted octanol–water partition coefficient (Wildman–Crippen LogP) is 5.91. The van der Waals surface area contributed by atoms with Gasteiger partial charge in [0.25, 0.3) is 0 Å². The largest absolute Gasteiger partial charge is 0.314 e. The maximum Gasteiger partial charge on any atom is 0.0567 e. The highest BCUT2D eigenvalue weighted by atomic mass is 35.5. The Morgan fingerprint density at radius 1 is 1.00 bits per heavy atom. The highest BCUT2D eigenvalue weighted by Crippen LogP contribution is 2.33. The molecule has 3 rings (SSSR count). The predicted molar refractivity (Wildman–Crippen MR) is 104 cm³/mol. The second-order valence-corrected chi connectivity index (χ2v) is 6.22. The van der Waals surface area contributed by atoms with Gasteiger partial charge in [-0.3, -0.25) is 4.99 Å². The van der Waals surface area contributed by atoms with Crippen molar-refractivity contribution >= 4 is 29.1 Å². The van der Waals surface area contributed by atoms with Gasteiger partial charge in [-0.15, -0.1) is 0 Å². The molecular weight excluding hydrogens is 316 g/mol. The van der Waals surface area contributed by atoms with E-state index in [1.165, 1.54) is 5.56 Å². The minimum Gasteiger partial charge on any atom is -0.314 e. The molecule has 0 aliphatic carbocycles. The van der Waals surface area contributed by atoms with Crippen molar-refractivity contribution in [1.29, 1.82) is 0 Å². The molecule has 0 atom stereocenters. The average molecular weight is 335 g/mol. The molecule has 0 fully saturated rings. The second kappa shape index (κ2) is 6.90. The summed E-state index contributed by atoms with van der Waals surface area (Å²) in [6.07, 6.45) is 5.48. The normalized spacial score (nSPS) is 14.8. The van der Waals surface area contributed by atoms with E-state index in [2.05, 4.69) is 54.6 Å². The van der Waals surface area contributed by atoms with Gasteiger partial charge in [0.15, 0.2) is 0 Å². The maximum absolute atomic E-state index is 6.03. The number of benzene rings is 2. The molecule has 1 heterocycles. The van der Waals surface area contributed by atoms with Gasteiger partial charge in [-0.1, -0.05) is 60.1 Å². The zero-order chi connectivity index (χ0) is 17.1. The minimum absolute atomic E-state index is 0.734. The van der Waals surface area contributed by atoms with Gasteiger partial charge in [0, 0.05) is 17.4 Å². The van der Waals surface area contributed by atoms with Gasteiger partial charge in [0.2, 0.25) is 0 Å². The van der Waals surface area contributed by atoms with Crippen LogP contribution in [0.5, 0.6) is 0 Å². The molecule has 2 nitrogen and oxygen atoms in total. The van der Waals surface area contributed by atoms with Crippen LogP contribution in [0.3, 0.4) is 0 Å². The smallest absolute Gasteiger partial charge is 0.0567 e. The third kappa shape index (κ3) is 3.34. The van der Waals surface area contributed by atoms with Gasteiger partial charge in [0.05, 0.1) is 17.6 Å². The Labute approximate surface area is 148 Å². The molecule has 1 aliphatic rings. The third-order valence-electron chi connectivity index (χ3n) is 4.03. The monoisotopic (exact) mass is 334 g/mol. The molecule has 0 radical (unpaired) electrons. The fraction of sp³-hybridized carbons (Fsp3) is 0.0952. The number of hydrogen-bond acceptors (Lipinski definition) is 2. The van der Waals surface area contributed by atoms with E-state index < -0.39 is 0 Å². The molecule has 0 saturated carbocycles. The van der Waals surface area contributed by atoms with Crippen LogP contribution in [0.25, 0.3) is 11.3 Å². The lowest BCUT2D eigenvalue weighted by atomic mass is 9.98. The zero-order valence-electron chi connectivity index (χ0n) is 13.8. The molecular formula is C21H19ClN2. The van der Waals surface area contributed by atoms with Crippen LogP contribution in [-0.4, -0.2) is 11.1 Å². The highest BCUT2D eigenvalue weighted by molar-refractivity contribution is 6.30. The molecule has 2 aromatic carbocycles. The van der Waals surface area contributed by atoms with Crippen molar-refractivity contribution in [1.82, 2.24) is 4.90 Å². The quantitative estimate of drug-likeness (QED) is 0.637. The number of nitrogens with zero attached hydrogens (tertiary/aromatic N) is 2. The number of allylic oxidation sites excluding steroid dienone is 2. The SMILES string of the molecule is C=C1C=NC=CN1/C(=C(\C)c1ccc(Cl)cc1)c1ccc(C)cc1. The molecule has 0 saturated heterocycles. The summed E-state index contributed by atoms with van der Waals surface area (Å²) in [4.78, 5) is 6.23. The Balaban J connectivity index is 2.17. The van der Waals surface area contributed by atoms with E-state index in [1.807, 2.05) is 30.5 Å². The summed E-state index contributed by atoms with van der Waals surface area (Å²) >= 11 is 6.03. The highest BCUT2D eigenvalue weighted by Gasteiger charge is 2.17. The number of halogens is 1. The van der Waals surface area contributed by atoms with Crippen molar-refractivity contribution in [3.63, 3.8) is 0 Å². The van der Waals surface area contributed by atoms with E-state index in [9.17, 15) is 0 Å². The molecule has 1 aliphatic heterocycles. The molecule has 2 aromatic rings. The molecule has 0 aromatic heterocycles. The first-order chi connectivity index (χ1) is 11.6. The van der Waals surface area contributed by atoms with E-state index in [1.54, 1.807) is 12.4 Å². The summed E-state index contributed by atoms with van der Waals surface area (Å²) in [5.74, 6) is 0. The number of aryl methyl sites for hydroxylation is 1. The summed E-state index contributed by atoms with van der Waals surface area (Å²) in [7, 11) is 0. The van der Waals surface area contributed by atoms with Crippen molar-refractivity contribution in [3.8, 4) is 0 Å². The van der Waals surface area contributed by atoms with Crippen LogP contribution >= 0.6 is 11.6 Å². The third-order valence-corrected chi connectivity index (χ3v) is 4.29. The van der Waals surface area contributed by atoms with Gasteiger partial charge in [-0.2, -0.15) is 0 Å². The number of aliphatic imine (C=N–C) groups is 1.